The van der Waals surface area contributed by atoms with Crippen molar-refractivity contribution in [3.8, 4) is 0 Å². The summed E-state index contributed by atoms with van der Waals surface area (Å²) < 4.78 is 5.68. The van der Waals surface area contributed by atoms with Gasteiger partial charge in [0.25, 0.3) is 0 Å². The van der Waals surface area contributed by atoms with Crippen molar-refractivity contribution in [1.82, 2.24) is 0 Å². The van der Waals surface area contributed by atoms with Crippen LogP contribution in [0.2, 0.25) is 5.02 Å². The maximum Gasteiger partial charge on any atom is 0.371 e. The van der Waals surface area contributed by atoms with E-state index in [1.165, 1.54) is 18.2 Å². The van der Waals surface area contributed by atoms with Crippen LogP contribution in [-0.4, -0.2) is 16.9 Å². The molecule has 1 N–H and O–H groups in total. The van der Waals surface area contributed by atoms with Gasteiger partial charge in [0.2, 0.25) is 11.5 Å². The number of aromatic carboxylic acids is 1. The largest absolute Gasteiger partial charge is 0.475 e. The summed E-state index contributed by atoms with van der Waals surface area (Å²) in [5.74, 6) is -1.90. The number of furan rings is 1. The molecule has 1 heterocycles. The summed E-state index contributed by atoms with van der Waals surface area (Å²) >= 11 is 7.83. The molecule has 18 heavy (non-hydrogen) atoms. The number of carbonyl (C=O) groups is 2. The summed E-state index contributed by atoms with van der Waals surface area (Å²) in [6.45, 7) is 0. The van der Waals surface area contributed by atoms with Gasteiger partial charge in [0.05, 0.1) is 0 Å². The van der Waals surface area contributed by atoms with E-state index in [-0.39, 0.29) is 11.5 Å². The van der Waals surface area contributed by atoms with Gasteiger partial charge in [-0.1, -0.05) is 11.6 Å². The lowest BCUT2D eigenvalue weighted by atomic mass is 10.1. The van der Waals surface area contributed by atoms with Crippen LogP contribution in [0.3, 0.4) is 0 Å². The number of hydrogen-bond donors (Lipinski definition) is 1. The molecule has 1 aromatic heterocycles. The highest BCUT2D eigenvalue weighted by Crippen LogP contribution is 2.22. The summed E-state index contributed by atoms with van der Waals surface area (Å²) in [6.07, 6.45) is 0. The first-order chi connectivity index (χ1) is 8.49. The molecule has 4 nitrogen and oxygen atoms in total. The minimum absolute atomic E-state index is 0.0208. The Morgan fingerprint density at radius 2 is 1.83 bits per heavy atom. The normalized spacial score (nSPS) is 10.3. The monoisotopic (exact) mass is 376 g/mol. The van der Waals surface area contributed by atoms with Crippen LogP contribution < -0.4 is 0 Å². The van der Waals surface area contributed by atoms with Crippen molar-refractivity contribution < 1.29 is 19.1 Å². The Kier molecular flexibility index (Phi) is 3.72. The van der Waals surface area contributed by atoms with E-state index < -0.39 is 11.8 Å². The van der Waals surface area contributed by atoms with E-state index >= 15 is 0 Å². The number of carboxylic acid groups (broad SMARTS) is 1. The fourth-order valence-electron chi connectivity index (χ4n) is 1.38. The summed E-state index contributed by atoms with van der Waals surface area (Å²) in [5.41, 5.74) is 0.384. The molecule has 0 saturated carbocycles. The minimum atomic E-state index is -1.21. The van der Waals surface area contributed by atoms with Crippen molar-refractivity contribution >= 4 is 45.9 Å². The molecule has 0 aliphatic heterocycles. The zero-order chi connectivity index (χ0) is 13.3. The molecule has 0 atom stereocenters. The summed E-state index contributed by atoms with van der Waals surface area (Å²) in [5, 5.41) is 9.16. The highest BCUT2D eigenvalue weighted by atomic mass is 127. The molecular weight excluding hydrogens is 370 g/mol. The molecule has 0 spiro atoms. The molecular formula is C12H6ClIO4. The van der Waals surface area contributed by atoms with Crippen LogP contribution in [0.1, 0.15) is 26.7 Å². The first-order valence-electron chi connectivity index (χ1n) is 4.82. The van der Waals surface area contributed by atoms with E-state index in [0.29, 0.717) is 10.6 Å². The molecule has 0 aliphatic rings. The molecule has 0 amide bonds. The second-order valence-electron chi connectivity index (χ2n) is 3.42. The predicted molar refractivity (Wildman–Crippen MR) is 73.3 cm³/mol. The Bertz CT molecular complexity index is 633. The van der Waals surface area contributed by atoms with Crippen LogP contribution in [-0.2, 0) is 0 Å². The van der Waals surface area contributed by atoms with Crippen LogP contribution >= 0.6 is 34.2 Å². The summed E-state index contributed by atoms with van der Waals surface area (Å²) in [4.78, 5) is 22.8. The molecule has 0 fully saturated rings. The quantitative estimate of drug-likeness (QED) is 0.658. The number of hydrogen-bond acceptors (Lipinski definition) is 3. The molecule has 6 heteroatoms. The van der Waals surface area contributed by atoms with Gasteiger partial charge >= 0.3 is 5.97 Å². The van der Waals surface area contributed by atoms with Crippen LogP contribution in [0.15, 0.2) is 34.7 Å². The molecule has 0 bridgehead atoms. The van der Waals surface area contributed by atoms with E-state index in [1.807, 2.05) is 22.6 Å². The van der Waals surface area contributed by atoms with Gasteiger partial charge < -0.3 is 9.52 Å². The first-order valence-corrected chi connectivity index (χ1v) is 6.27. The second-order valence-corrected chi connectivity index (χ2v) is 5.02. The topological polar surface area (TPSA) is 67.5 Å². The fourth-order valence-corrected chi connectivity index (χ4v) is 2.13. The number of carbonyl (C=O) groups excluding carboxylic acids is 1. The van der Waals surface area contributed by atoms with Crippen LogP contribution in [0.4, 0.5) is 0 Å². The SMILES string of the molecule is O=C(O)c1ccc(C(=O)c2cc(Cl)ccc2I)o1. The Morgan fingerprint density at radius 1 is 1.17 bits per heavy atom. The molecule has 0 unspecified atom stereocenters. The molecule has 1 aromatic carbocycles. The van der Waals surface area contributed by atoms with Crippen molar-refractivity contribution in [1.29, 1.82) is 0 Å². The highest BCUT2D eigenvalue weighted by molar-refractivity contribution is 14.1. The average molecular weight is 377 g/mol. The van der Waals surface area contributed by atoms with Crippen molar-refractivity contribution in [3.63, 3.8) is 0 Å². The van der Waals surface area contributed by atoms with Crippen molar-refractivity contribution in [2.24, 2.45) is 0 Å². The molecule has 0 radical (unpaired) electrons. The second kappa shape index (κ2) is 5.11. The summed E-state index contributed by atoms with van der Waals surface area (Å²) in [7, 11) is 0. The van der Waals surface area contributed by atoms with E-state index in [9.17, 15) is 9.59 Å². The highest BCUT2D eigenvalue weighted by Gasteiger charge is 2.18. The number of ketones is 1. The standard InChI is InChI=1S/C12H6ClIO4/c13-6-1-2-8(14)7(5-6)11(15)9-3-4-10(18-9)12(16)17/h1-5H,(H,16,17). The van der Waals surface area contributed by atoms with Gasteiger partial charge in [0.1, 0.15) is 0 Å². The molecule has 2 rings (SSSR count). The number of carboxylic acids is 1. The van der Waals surface area contributed by atoms with E-state index in [1.54, 1.807) is 12.1 Å². The summed E-state index contributed by atoms with van der Waals surface area (Å²) in [6, 6.07) is 7.48. The van der Waals surface area contributed by atoms with Crippen molar-refractivity contribution in [2.75, 3.05) is 0 Å². The molecule has 0 aliphatic carbocycles. The third-order valence-corrected chi connectivity index (χ3v) is 3.39. The van der Waals surface area contributed by atoms with Gasteiger partial charge in [-0.2, -0.15) is 0 Å². The lowest BCUT2D eigenvalue weighted by Crippen LogP contribution is -2.02. The fraction of sp³-hybridized carbons (Fsp3) is 0. The average Bonchev–Trinajstić information content (AvgIpc) is 2.81. The zero-order valence-electron chi connectivity index (χ0n) is 8.81. The Balaban J connectivity index is 2.41. The van der Waals surface area contributed by atoms with E-state index in [4.69, 9.17) is 21.1 Å². The molecule has 2 aromatic rings. The Morgan fingerprint density at radius 3 is 2.44 bits per heavy atom. The third kappa shape index (κ3) is 2.56. The van der Waals surface area contributed by atoms with Crippen LogP contribution in [0.25, 0.3) is 0 Å². The maximum atomic E-state index is 12.1. The molecule has 0 saturated heterocycles. The van der Waals surface area contributed by atoms with Gasteiger partial charge in [-0.25, -0.2) is 4.79 Å². The predicted octanol–water partition coefficient (Wildman–Crippen LogP) is 3.47. The van der Waals surface area contributed by atoms with Gasteiger partial charge in [-0.15, -0.1) is 0 Å². The van der Waals surface area contributed by atoms with Gasteiger partial charge in [0, 0.05) is 14.2 Å². The Labute approximate surface area is 121 Å². The van der Waals surface area contributed by atoms with Gasteiger partial charge in [0.15, 0.2) is 5.76 Å². The van der Waals surface area contributed by atoms with Gasteiger partial charge in [-0.05, 0) is 52.9 Å². The molecule has 92 valence electrons. The zero-order valence-corrected chi connectivity index (χ0v) is 11.7. The van der Waals surface area contributed by atoms with Crippen molar-refractivity contribution in [2.45, 2.75) is 0 Å². The number of benzene rings is 1. The number of rotatable bonds is 3. The van der Waals surface area contributed by atoms with Crippen LogP contribution in [0.5, 0.6) is 0 Å². The minimum Gasteiger partial charge on any atom is -0.475 e. The lowest BCUT2D eigenvalue weighted by Gasteiger charge is -2.01. The van der Waals surface area contributed by atoms with Crippen LogP contribution in [0, 0.1) is 3.57 Å². The first kappa shape index (κ1) is 13.1. The third-order valence-electron chi connectivity index (χ3n) is 2.21. The maximum absolute atomic E-state index is 12.1. The van der Waals surface area contributed by atoms with Gasteiger partial charge in [-0.3, -0.25) is 4.79 Å². The number of halogens is 2. The van der Waals surface area contributed by atoms with Crippen molar-refractivity contribution in [3.05, 3.63) is 56.0 Å². The van der Waals surface area contributed by atoms with E-state index in [2.05, 4.69) is 0 Å². The Hall–Kier alpha value is -1.34. The lowest BCUT2D eigenvalue weighted by molar-refractivity contribution is 0.0660. The van der Waals surface area contributed by atoms with E-state index in [0.717, 1.165) is 3.57 Å². The smallest absolute Gasteiger partial charge is 0.371 e.